The Hall–Kier alpha value is -2.90. The molecule has 39 heavy (non-hydrogen) atoms. The lowest BCUT2D eigenvalue weighted by Gasteiger charge is -2.27. The molecule has 0 aliphatic carbocycles. The summed E-state index contributed by atoms with van der Waals surface area (Å²) in [5.74, 6) is -0.402. The van der Waals surface area contributed by atoms with E-state index in [9.17, 15) is 14.4 Å². The number of rotatable bonds is 15. The van der Waals surface area contributed by atoms with Crippen LogP contribution >= 0.6 is 11.6 Å². The smallest absolute Gasteiger partial charge is 0.253 e. The molecule has 3 atom stereocenters. The van der Waals surface area contributed by atoms with Gasteiger partial charge in [-0.1, -0.05) is 64.4 Å². The van der Waals surface area contributed by atoms with E-state index >= 15 is 0 Å². The van der Waals surface area contributed by atoms with Crippen LogP contribution in [0.4, 0.5) is 0 Å². The number of benzene rings is 2. The Balaban J connectivity index is 2.22. The predicted molar refractivity (Wildman–Crippen MR) is 159 cm³/mol. The number of carbonyl (C=O) groups is 3. The molecule has 0 saturated carbocycles. The van der Waals surface area contributed by atoms with Crippen LogP contribution in [0, 0.1) is 11.8 Å². The third-order valence-electron chi connectivity index (χ3n) is 6.61. The van der Waals surface area contributed by atoms with E-state index in [2.05, 4.69) is 10.6 Å². The van der Waals surface area contributed by atoms with Gasteiger partial charge >= 0.3 is 0 Å². The molecule has 3 amide bonds. The Kier molecular flexibility index (Phi) is 13.5. The summed E-state index contributed by atoms with van der Waals surface area (Å²) in [4.78, 5) is 40.9. The zero-order valence-electron chi connectivity index (χ0n) is 24.0. The van der Waals surface area contributed by atoms with Gasteiger partial charge < -0.3 is 21.3 Å². The summed E-state index contributed by atoms with van der Waals surface area (Å²) in [5.41, 5.74) is 8.47. The van der Waals surface area contributed by atoms with E-state index in [1.54, 1.807) is 36.4 Å². The lowest BCUT2D eigenvalue weighted by atomic mass is 9.91. The second kappa shape index (κ2) is 16.3. The average molecular weight is 557 g/mol. The quantitative estimate of drug-likeness (QED) is 0.285. The zero-order chi connectivity index (χ0) is 28.9. The minimum Gasteiger partial charge on any atom is -0.356 e. The van der Waals surface area contributed by atoms with Crippen molar-refractivity contribution in [3.8, 4) is 0 Å². The normalized spacial score (nSPS) is 13.4. The van der Waals surface area contributed by atoms with E-state index in [0.29, 0.717) is 54.5 Å². The second-order valence-corrected chi connectivity index (χ2v) is 11.2. The molecule has 0 aromatic heterocycles. The topological polar surface area (TPSA) is 105 Å². The van der Waals surface area contributed by atoms with Crippen LogP contribution in [-0.2, 0) is 11.2 Å². The Morgan fingerprint density at radius 1 is 0.949 bits per heavy atom. The molecule has 0 fully saturated rings. The highest BCUT2D eigenvalue weighted by Gasteiger charge is 2.26. The molecule has 4 N–H and O–H groups in total. The van der Waals surface area contributed by atoms with Crippen molar-refractivity contribution in [1.29, 1.82) is 0 Å². The summed E-state index contributed by atoms with van der Waals surface area (Å²) in [6, 6.07) is 13.3. The molecular weight excluding hydrogens is 512 g/mol. The maximum Gasteiger partial charge on any atom is 0.253 e. The molecule has 0 bridgehead atoms. The lowest BCUT2D eigenvalue weighted by Crippen LogP contribution is -2.50. The SMILES string of the molecule is CCCN(CCC)C(=O)c1cccc(C(=O)N[C@@H](Cc2ccc(Cl)cc2)[C@@H](N)C[C@@H](C)C(=O)NCC(C)C)c1. The standard InChI is InChI=1S/C31H45ClN4O3/c1-6-15-36(16-7-2)31(39)25-10-8-9-24(19-25)30(38)35-28(18-23-11-13-26(32)14-12-23)27(33)17-22(5)29(37)34-20-21(3)4/h8-14,19,21-22,27-28H,6-7,15-18,20,33H2,1-5H3,(H,34,37)(H,35,38)/t22-,27+,28+/m1/s1. The van der Waals surface area contributed by atoms with Gasteiger partial charge in [0.1, 0.15) is 0 Å². The fourth-order valence-corrected chi connectivity index (χ4v) is 4.55. The first-order valence-electron chi connectivity index (χ1n) is 14.0. The third-order valence-corrected chi connectivity index (χ3v) is 6.86. The fourth-order valence-electron chi connectivity index (χ4n) is 4.42. The summed E-state index contributed by atoms with van der Waals surface area (Å²) < 4.78 is 0. The Morgan fingerprint density at radius 3 is 2.15 bits per heavy atom. The summed E-state index contributed by atoms with van der Waals surface area (Å²) in [6.45, 7) is 12.0. The van der Waals surface area contributed by atoms with Gasteiger partial charge in [-0.2, -0.15) is 0 Å². The number of nitrogens with one attached hydrogen (secondary N) is 2. The monoisotopic (exact) mass is 556 g/mol. The number of hydrogen-bond acceptors (Lipinski definition) is 4. The van der Waals surface area contributed by atoms with E-state index in [1.807, 2.05) is 51.7 Å². The minimum absolute atomic E-state index is 0.0503. The molecule has 214 valence electrons. The van der Waals surface area contributed by atoms with E-state index in [-0.39, 0.29) is 23.6 Å². The molecule has 0 aliphatic heterocycles. The number of carbonyl (C=O) groups excluding carboxylic acids is 3. The highest BCUT2D eigenvalue weighted by molar-refractivity contribution is 6.30. The number of hydrogen-bond donors (Lipinski definition) is 3. The first-order chi connectivity index (χ1) is 18.5. The van der Waals surface area contributed by atoms with Crippen LogP contribution in [0.1, 0.15) is 80.2 Å². The fraction of sp³-hybridized carbons (Fsp3) is 0.516. The number of halogens is 1. The summed E-state index contributed by atoms with van der Waals surface area (Å²) in [7, 11) is 0. The van der Waals surface area contributed by atoms with Crippen LogP contribution in [0.15, 0.2) is 48.5 Å². The molecule has 0 radical (unpaired) electrons. The molecule has 0 spiro atoms. The molecule has 2 aromatic rings. The van der Waals surface area contributed by atoms with E-state index < -0.39 is 12.1 Å². The maximum atomic E-state index is 13.4. The van der Waals surface area contributed by atoms with Crippen molar-refractivity contribution < 1.29 is 14.4 Å². The molecular formula is C31H45ClN4O3. The van der Waals surface area contributed by atoms with E-state index in [1.165, 1.54) is 0 Å². The van der Waals surface area contributed by atoms with Gasteiger partial charge in [0.2, 0.25) is 5.91 Å². The zero-order valence-corrected chi connectivity index (χ0v) is 24.8. The van der Waals surface area contributed by atoms with Gasteiger partial charge in [0.25, 0.3) is 11.8 Å². The number of nitrogens with zero attached hydrogens (tertiary/aromatic N) is 1. The van der Waals surface area contributed by atoms with Gasteiger partial charge in [-0.25, -0.2) is 0 Å². The van der Waals surface area contributed by atoms with Crippen molar-refractivity contribution in [3.05, 3.63) is 70.2 Å². The van der Waals surface area contributed by atoms with Crippen molar-refractivity contribution in [2.75, 3.05) is 19.6 Å². The molecule has 2 aromatic carbocycles. The van der Waals surface area contributed by atoms with Crippen molar-refractivity contribution >= 4 is 29.3 Å². The summed E-state index contributed by atoms with van der Waals surface area (Å²) >= 11 is 6.06. The van der Waals surface area contributed by atoms with Gasteiger partial charge in [-0.3, -0.25) is 14.4 Å². The van der Waals surface area contributed by atoms with Crippen LogP contribution in [0.25, 0.3) is 0 Å². The second-order valence-electron chi connectivity index (χ2n) is 10.7. The molecule has 0 aliphatic rings. The summed E-state index contributed by atoms with van der Waals surface area (Å²) in [6.07, 6.45) is 2.61. The highest BCUT2D eigenvalue weighted by atomic mass is 35.5. The largest absolute Gasteiger partial charge is 0.356 e. The maximum absolute atomic E-state index is 13.4. The molecule has 0 saturated heterocycles. The van der Waals surface area contributed by atoms with Crippen molar-refractivity contribution in [1.82, 2.24) is 15.5 Å². The number of amides is 3. The van der Waals surface area contributed by atoms with Gasteiger partial charge in [0, 0.05) is 53.8 Å². The van der Waals surface area contributed by atoms with Gasteiger partial charge in [0.15, 0.2) is 0 Å². The first-order valence-corrected chi connectivity index (χ1v) is 14.4. The third kappa shape index (κ3) is 10.6. The Labute approximate surface area is 238 Å². The lowest BCUT2D eigenvalue weighted by molar-refractivity contribution is -0.125. The van der Waals surface area contributed by atoms with Gasteiger partial charge in [-0.15, -0.1) is 0 Å². The van der Waals surface area contributed by atoms with Gasteiger partial charge in [-0.05, 0) is 67.5 Å². The van der Waals surface area contributed by atoms with Crippen LogP contribution in [0.5, 0.6) is 0 Å². The van der Waals surface area contributed by atoms with Gasteiger partial charge in [0.05, 0.1) is 0 Å². The molecule has 0 heterocycles. The van der Waals surface area contributed by atoms with Crippen molar-refractivity contribution in [2.24, 2.45) is 17.6 Å². The Bertz CT molecular complexity index is 1070. The highest BCUT2D eigenvalue weighted by Crippen LogP contribution is 2.17. The average Bonchev–Trinajstić information content (AvgIpc) is 2.91. The Morgan fingerprint density at radius 2 is 1.56 bits per heavy atom. The molecule has 7 nitrogen and oxygen atoms in total. The van der Waals surface area contributed by atoms with Crippen LogP contribution in [0.3, 0.4) is 0 Å². The first kappa shape index (κ1) is 32.3. The minimum atomic E-state index is -0.473. The number of nitrogens with two attached hydrogens (primary N) is 1. The van der Waals surface area contributed by atoms with Crippen molar-refractivity contribution in [3.63, 3.8) is 0 Å². The van der Waals surface area contributed by atoms with Crippen LogP contribution in [0.2, 0.25) is 5.02 Å². The molecule has 0 unspecified atom stereocenters. The molecule has 8 heteroatoms. The molecule has 2 rings (SSSR count). The predicted octanol–water partition coefficient (Wildman–Crippen LogP) is 5.07. The summed E-state index contributed by atoms with van der Waals surface area (Å²) in [5, 5.41) is 6.67. The van der Waals surface area contributed by atoms with Crippen molar-refractivity contribution in [2.45, 2.75) is 72.4 Å². The van der Waals surface area contributed by atoms with Crippen LogP contribution in [-0.4, -0.2) is 54.3 Å². The van der Waals surface area contributed by atoms with E-state index in [4.69, 9.17) is 17.3 Å². The van der Waals surface area contributed by atoms with E-state index in [0.717, 1.165) is 18.4 Å². The van der Waals surface area contributed by atoms with Crippen LogP contribution < -0.4 is 16.4 Å².